The zero-order valence-corrected chi connectivity index (χ0v) is 11.4. The molecular weight excluding hydrogens is 280 g/mol. The molecule has 0 unspecified atom stereocenters. The van der Waals surface area contributed by atoms with Gasteiger partial charge in [-0.2, -0.15) is 10.5 Å². The SMILES string of the molecule is N#CC(C#N)CCSc1cnc2cc(Cl)ccc2n1. The van der Waals surface area contributed by atoms with Crippen molar-refractivity contribution in [1.82, 2.24) is 9.97 Å². The number of nitrogens with zero attached hydrogens (tertiary/aromatic N) is 4. The van der Waals surface area contributed by atoms with Crippen molar-refractivity contribution in [3.05, 3.63) is 29.4 Å². The molecule has 0 aliphatic rings. The second-order valence-corrected chi connectivity index (χ2v) is 5.34. The molecule has 0 N–H and O–H groups in total. The summed E-state index contributed by atoms with van der Waals surface area (Å²) in [6, 6.07) is 9.25. The van der Waals surface area contributed by atoms with Gasteiger partial charge in [0.25, 0.3) is 0 Å². The number of halogens is 1. The Hall–Kier alpha value is -1.82. The van der Waals surface area contributed by atoms with Gasteiger partial charge >= 0.3 is 0 Å². The molecule has 0 amide bonds. The highest BCUT2D eigenvalue weighted by Crippen LogP contribution is 2.21. The first-order valence-electron chi connectivity index (χ1n) is 5.57. The molecule has 1 aromatic carbocycles. The molecule has 0 spiro atoms. The summed E-state index contributed by atoms with van der Waals surface area (Å²) >= 11 is 7.36. The van der Waals surface area contributed by atoms with E-state index in [1.54, 1.807) is 18.3 Å². The second-order valence-electron chi connectivity index (χ2n) is 3.79. The Morgan fingerprint density at radius 1 is 1.26 bits per heavy atom. The van der Waals surface area contributed by atoms with Crippen LogP contribution in [-0.2, 0) is 0 Å². The maximum Gasteiger partial charge on any atom is 0.134 e. The fourth-order valence-electron chi connectivity index (χ4n) is 1.48. The molecular formula is C13H9ClN4S. The highest BCUT2D eigenvalue weighted by molar-refractivity contribution is 7.99. The standard InChI is InChI=1S/C13H9ClN4S/c14-10-1-2-11-12(5-10)17-8-13(18-11)19-4-3-9(6-15)7-16/h1-2,5,8-9H,3-4H2. The van der Waals surface area contributed by atoms with Gasteiger partial charge in [0.1, 0.15) is 10.9 Å². The number of thioether (sulfide) groups is 1. The molecule has 0 atom stereocenters. The molecule has 19 heavy (non-hydrogen) atoms. The average molecular weight is 289 g/mol. The molecule has 2 aromatic rings. The van der Waals surface area contributed by atoms with Crippen molar-refractivity contribution in [1.29, 1.82) is 10.5 Å². The van der Waals surface area contributed by atoms with Crippen molar-refractivity contribution in [3.8, 4) is 12.1 Å². The molecule has 1 aromatic heterocycles. The maximum atomic E-state index is 8.67. The molecule has 0 saturated carbocycles. The Labute approximate surface area is 120 Å². The van der Waals surface area contributed by atoms with Crippen LogP contribution >= 0.6 is 23.4 Å². The van der Waals surface area contributed by atoms with Crippen LogP contribution in [0.25, 0.3) is 11.0 Å². The van der Waals surface area contributed by atoms with Crippen molar-refractivity contribution >= 4 is 34.4 Å². The van der Waals surface area contributed by atoms with Crippen molar-refractivity contribution in [2.24, 2.45) is 5.92 Å². The topological polar surface area (TPSA) is 73.4 Å². The van der Waals surface area contributed by atoms with Crippen LogP contribution in [0.3, 0.4) is 0 Å². The third-order valence-corrected chi connectivity index (χ3v) is 3.62. The Morgan fingerprint density at radius 3 is 2.79 bits per heavy atom. The van der Waals surface area contributed by atoms with Crippen LogP contribution in [0.4, 0.5) is 0 Å². The van der Waals surface area contributed by atoms with Crippen molar-refractivity contribution < 1.29 is 0 Å². The smallest absolute Gasteiger partial charge is 0.134 e. The minimum absolute atomic E-state index is 0.526. The Bertz CT molecular complexity index is 660. The molecule has 6 heteroatoms. The van der Waals surface area contributed by atoms with E-state index in [2.05, 4.69) is 9.97 Å². The van der Waals surface area contributed by atoms with Gasteiger partial charge in [0.2, 0.25) is 0 Å². The lowest BCUT2D eigenvalue weighted by Crippen LogP contribution is -1.95. The zero-order valence-electron chi connectivity index (χ0n) is 9.88. The van der Waals surface area contributed by atoms with Crippen molar-refractivity contribution in [2.75, 3.05) is 5.75 Å². The van der Waals surface area contributed by atoms with Gasteiger partial charge < -0.3 is 0 Å². The fourth-order valence-corrected chi connectivity index (χ4v) is 2.49. The first-order valence-corrected chi connectivity index (χ1v) is 6.93. The summed E-state index contributed by atoms with van der Waals surface area (Å²) in [5.41, 5.74) is 1.54. The lowest BCUT2D eigenvalue weighted by atomic mass is 10.1. The Morgan fingerprint density at radius 2 is 2.05 bits per heavy atom. The summed E-state index contributed by atoms with van der Waals surface area (Å²) in [6.07, 6.45) is 2.20. The highest BCUT2D eigenvalue weighted by atomic mass is 35.5. The highest BCUT2D eigenvalue weighted by Gasteiger charge is 2.06. The van der Waals surface area contributed by atoms with Gasteiger partial charge in [-0.25, -0.2) is 4.98 Å². The summed E-state index contributed by atoms with van der Waals surface area (Å²) in [6.45, 7) is 0. The van der Waals surface area contributed by atoms with E-state index in [9.17, 15) is 0 Å². The molecule has 0 aliphatic carbocycles. The summed E-state index contributed by atoms with van der Waals surface area (Å²) < 4.78 is 0. The fraction of sp³-hybridized carbons (Fsp3) is 0.231. The molecule has 0 bridgehead atoms. The minimum atomic E-state index is -0.556. The van der Waals surface area contributed by atoms with E-state index in [0.29, 0.717) is 17.2 Å². The largest absolute Gasteiger partial charge is 0.252 e. The van der Waals surface area contributed by atoms with Gasteiger partial charge in [-0.05, 0) is 24.6 Å². The average Bonchev–Trinajstić information content (AvgIpc) is 2.43. The molecule has 1 heterocycles. The molecule has 0 radical (unpaired) electrons. The number of hydrogen-bond acceptors (Lipinski definition) is 5. The summed E-state index contributed by atoms with van der Waals surface area (Å²) in [7, 11) is 0. The predicted octanol–water partition coefficient (Wildman–Crippen LogP) is 3.43. The van der Waals surface area contributed by atoms with E-state index in [0.717, 1.165) is 16.1 Å². The van der Waals surface area contributed by atoms with E-state index in [1.165, 1.54) is 11.8 Å². The van der Waals surface area contributed by atoms with Gasteiger partial charge in [-0.1, -0.05) is 11.6 Å². The molecule has 2 rings (SSSR count). The number of aromatic nitrogens is 2. The van der Waals surface area contributed by atoms with Crippen molar-refractivity contribution in [3.63, 3.8) is 0 Å². The van der Waals surface area contributed by atoms with Gasteiger partial charge in [0.05, 0.1) is 29.4 Å². The molecule has 0 saturated heterocycles. The normalized spacial score (nSPS) is 10.3. The summed E-state index contributed by atoms with van der Waals surface area (Å²) in [4.78, 5) is 8.72. The zero-order chi connectivity index (χ0) is 13.7. The quantitative estimate of drug-likeness (QED) is 0.806. The Kier molecular flexibility index (Phi) is 4.57. The molecule has 94 valence electrons. The first-order chi connectivity index (χ1) is 9.22. The van der Waals surface area contributed by atoms with Crippen LogP contribution < -0.4 is 0 Å². The van der Waals surface area contributed by atoms with E-state index < -0.39 is 5.92 Å². The first kappa shape index (κ1) is 13.6. The maximum absolute atomic E-state index is 8.67. The third-order valence-electron chi connectivity index (χ3n) is 2.45. The monoisotopic (exact) mass is 288 g/mol. The number of fused-ring (bicyclic) bond motifs is 1. The second kappa shape index (κ2) is 6.38. The van der Waals surface area contributed by atoms with Crippen LogP contribution in [-0.4, -0.2) is 15.7 Å². The minimum Gasteiger partial charge on any atom is -0.252 e. The van der Waals surface area contributed by atoms with Gasteiger partial charge in [-0.3, -0.25) is 4.98 Å². The van der Waals surface area contributed by atoms with Crippen LogP contribution in [0.5, 0.6) is 0 Å². The van der Waals surface area contributed by atoms with Crippen molar-refractivity contribution in [2.45, 2.75) is 11.4 Å². The van der Waals surface area contributed by atoms with E-state index in [-0.39, 0.29) is 0 Å². The molecule has 0 aliphatic heterocycles. The predicted molar refractivity (Wildman–Crippen MR) is 74.6 cm³/mol. The number of nitriles is 2. The molecule has 0 fully saturated rings. The van der Waals surface area contributed by atoms with Crippen LogP contribution in [0.1, 0.15) is 6.42 Å². The van der Waals surface area contributed by atoms with Gasteiger partial charge in [0, 0.05) is 10.8 Å². The van der Waals surface area contributed by atoms with E-state index in [4.69, 9.17) is 22.1 Å². The van der Waals surface area contributed by atoms with Crippen LogP contribution in [0, 0.1) is 28.6 Å². The number of benzene rings is 1. The Balaban J connectivity index is 2.04. The third kappa shape index (κ3) is 3.57. The number of rotatable bonds is 4. The van der Waals surface area contributed by atoms with Gasteiger partial charge in [0.15, 0.2) is 0 Å². The van der Waals surface area contributed by atoms with Crippen LogP contribution in [0.15, 0.2) is 29.4 Å². The summed E-state index contributed by atoms with van der Waals surface area (Å²) in [5.74, 6) is 0.110. The lowest BCUT2D eigenvalue weighted by Gasteiger charge is -2.03. The lowest BCUT2D eigenvalue weighted by molar-refractivity contribution is 0.810. The van der Waals surface area contributed by atoms with Crippen LogP contribution in [0.2, 0.25) is 5.02 Å². The van der Waals surface area contributed by atoms with Gasteiger partial charge in [-0.15, -0.1) is 11.8 Å². The summed E-state index contributed by atoms with van der Waals surface area (Å²) in [5, 5.41) is 18.8. The van der Waals surface area contributed by atoms with E-state index >= 15 is 0 Å². The number of hydrogen-bond donors (Lipinski definition) is 0. The van der Waals surface area contributed by atoms with E-state index in [1.807, 2.05) is 18.2 Å². The molecule has 4 nitrogen and oxygen atoms in total.